The molecule has 0 fully saturated rings. The molecule has 2 aromatic carbocycles. The van der Waals surface area contributed by atoms with Crippen LogP contribution in [-0.2, 0) is 29.2 Å². The largest absolute Gasteiger partial charge is 0.374 e. The second-order valence-corrected chi connectivity index (χ2v) is 7.42. The van der Waals surface area contributed by atoms with Gasteiger partial charge >= 0.3 is 0 Å². The molecule has 6 heteroatoms. The van der Waals surface area contributed by atoms with Gasteiger partial charge in [-0.1, -0.05) is 36.4 Å². The fourth-order valence-corrected chi connectivity index (χ4v) is 3.02. The van der Waals surface area contributed by atoms with Crippen LogP contribution in [0.3, 0.4) is 0 Å². The van der Waals surface area contributed by atoms with Crippen molar-refractivity contribution in [2.24, 2.45) is 0 Å². The van der Waals surface area contributed by atoms with E-state index in [0.29, 0.717) is 30.6 Å². The van der Waals surface area contributed by atoms with E-state index in [1.165, 1.54) is 10.9 Å². The quantitative estimate of drug-likeness (QED) is 0.637. The lowest BCUT2D eigenvalue weighted by Gasteiger charge is -2.10. The number of carbonyl (C=O) groups is 1. The summed E-state index contributed by atoms with van der Waals surface area (Å²) in [6.45, 7) is 7.27. The van der Waals surface area contributed by atoms with Crippen LogP contribution >= 0.6 is 0 Å². The number of para-hydroxylation sites is 1. The van der Waals surface area contributed by atoms with Crippen molar-refractivity contribution >= 4 is 16.8 Å². The maximum Gasteiger partial charge on any atom is 0.261 e. The third kappa shape index (κ3) is 5.51. The van der Waals surface area contributed by atoms with Gasteiger partial charge in [-0.05, 0) is 43.5 Å². The first-order chi connectivity index (χ1) is 13.9. The van der Waals surface area contributed by atoms with Gasteiger partial charge in [-0.3, -0.25) is 14.2 Å². The van der Waals surface area contributed by atoms with Gasteiger partial charge in [0.05, 0.1) is 29.9 Å². The number of ether oxygens (including phenoxy) is 1. The van der Waals surface area contributed by atoms with Crippen molar-refractivity contribution in [3.8, 4) is 0 Å². The molecule has 0 unspecified atom stereocenters. The molecule has 0 saturated carbocycles. The Bertz CT molecular complexity index is 1040. The minimum atomic E-state index is -0.120. The van der Waals surface area contributed by atoms with Gasteiger partial charge in [0.1, 0.15) is 0 Å². The molecule has 152 valence electrons. The zero-order chi connectivity index (χ0) is 20.8. The van der Waals surface area contributed by atoms with E-state index in [1.54, 1.807) is 6.07 Å². The Kier molecular flexibility index (Phi) is 6.77. The number of nitrogens with zero attached hydrogens (tertiary/aromatic N) is 2. The maximum absolute atomic E-state index is 12.6. The Morgan fingerprint density at radius 1 is 1.14 bits per heavy atom. The lowest BCUT2D eigenvalue weighted by atomic mass is 10.1. The molecule has 0 radical (unpaired) electrons. The summed E-state index contributed by atoms with van der Waals surface area (Å²) in [5, 5.41) is 3.48. The molecular formula is C23H27N3O3. The maximum atomic E-state index is 12.6. The lowest BCUT2D eigenvalue weighted by Crippen LogP contribution is -2.27. The topological polar surface area (TPSA) is 73.2 Å². The molecule has 0 bridgehead atoms. The monoisotopic (exact) mass is 393 g/mol. The number of aryl methyl sites for hydroxylation is 2. The molecule has 1 amide bonds. The van der Waals surface area contributed by atoms with Crippen molar-refractivity contribution in [2.45, 2.75) is 53.0 Å². The highest BCUT2D eigenvalue weighted by atomic mass is 16.5. The van der Waals surface area contributed by atoms with Crippen LogP contribution in [0.4, 0.5) is 0 Å². The smallest absolute Gasteiger partial charge is 0.261 e. The van der Waals surface area contributed by atoms with E-state index in [0.717, 1.165) is 16.7 Å². The van der Waals surface area contributed by atoms with Crippen LogP contribution in [0, 0.1) is 6.92 Å². The highest BCUT2D eigenvalue weighted by Crippen LogP contribution is 2.11. The van der Waals surface area contributed by atoms with E-state index in [2.05, 4.69) is 10.3 Å². The minimum Gasteiger partial charge on any atom is -0.374 e. The summed E-state index contributed by atoms with van der Waals surface area (Å²) in [6, 6.07) is 13.5. The van der Waals surface area contributed by atoms with E-state index in [4.69, 9.17) is 4.74 Å². The Morgan fingerprint density at radius 3 is 2.59 bits per heavy atom. The standard InChI is InChI=1S/C23H27N3O3/c1-16(2)29-14-19-9-7-18(8-10-19)13-24-21(27)11-12-26-15-25-22-17(3)5-4-6-20(22)23(26)28/h4-10,15-16H,11-14H2,1-3H3,(H,24,27). The Morgan fingerprint density at radius 2 is 1.86 bits per heavy atom. The minimum absolute atomic E-state index is 0.103. The van der Waals surface area contributed by atoms with Gasteiger partial charge in [-0.15, -0.1) is 0 Å². The second kappa shape index (κ2) is 9.47. The Labute approximate surface area is 170 Å². The van der Waals surface area contributed by atoms with Crippen LogP contribution in [0.15, 0.2) is 53.6 Å². The number of hydrogen-bond donors (Lipinski definition) is 1. The molecule has 29 heavy (non-hydrogen) atoms. The predicted octanol–water partition coefficient (Wildman–Crippen LogP) is 3.34. The SMILES string of the molecule is Cc1cccc2c(=O)n(CCC(=O)NCc3ccc(COC(C)C)cc3)cnc12. The van der Waals surface area contributed by atoms with Crippen LogP contribution in [0.2, 0.25) is 0 Å². The van der Waals surface area contributed by atoms with Crippen LogP contribution < -0.4 is 10.9 Å². The fourth-order valence-electron chi connectivity index (χ4n) is 3.02. The molecule has 0 aliphatic heterocycles. The van der Waals surface area contributed by atoms with Crippen LogP contribution in [0.25, 0.3) is 10.9 Å². The van der Waals surface area contributed by atoms with Gasteiger partial charge in [-0.2, -0.15) is 0 Å². The molecule has 3 aromatic rings. The van der Waals surface area contributed by atoms with E-state index in [1.807, 2.05) is 57.2 Å². The van der Waals surface area contributed by atoms with Gasteiger partial charge in [0, 0.05) is 19.5 Å². The number of benzene rings is 2. The summed E-state index contributed by atoms with van der Waals surface area (Å²) >= 11 is 0. The fraction of sp³-hybridized carbons (Fsp3) is 0.348. The number of rotatable bonds is 8. The number of hydrogen-bond acceptors (Lipinski definition) is 4. The highest BCUT2D eigenvalue weighted by molar-refractivity contribution is 5.80. The van der Waals surface area contributed by atoms with Crippen molar-refractivity contribution in [3.05, 3.63) is 75.8 Å². The number of aromatic nitrogens is 2. The average Bonchev–Trinajstić information content (AvgIpc) is 2.71. The first-order valence-electron chi connectivity index (χ1n) is 9.85. The van der Waals surface area contributed by atoms with Gasteiger partial charge in [-0.25, -0.2) is 4.98 Å². The second-order valence-electron chi connectivity index (χ2n) is 7.42. The summed E-state index contributed by atoms with van der Waals surface area (Å²) in [5.41, 5.74) is 3.68. The van der Waals surface area contributed by atoms with Crippen molar-refractivity contribution in [1.82, 2.24) is 14.9 Å². The molecule has 1 heterocycles. The first kappa shape index (κ1) is 20.7. The van der Waals surface area contributed by atoms with Gasteiger partial charge in [0.2, 0.25) is 5.91 Å². The average molecular weight is 393 g/mol. The molecule has 3 rings (SSSR count). The molecule has 1 aromatic heterocycles. The molecule has 0 saturated heterocycles. The number of nitrogens with one attached hydrogen (secondary N) is 1. The number of amides is 1. The normalized spacial score (nSPS) is 11.2. The van der Waals surface area contributed by atoms with Crippen molar-refractivity contribution < 1.29 is 9.53 Å². The van der Waals surface area contributed by atoms with Gasteiger partial charge < -0.3 is 10.1 Å². The van der Waals surface area contributed by atoms with Crippen LogP contribution in [0.5, 0.6) is 0 Å². The van der Waals surface area contributed by atoms with E-state index >= 15 is 0 Å². The van der Waals surface area contributed by atoms with Crippen LogP contribution in [-0.4, -0.2) is 21.6 Å². The zero-order valence-electron chi connectivity index (χ0n) is 17.1. The molecule has 0 aliphatic rings. The molecule has 0 aliphatic carbocycles. The summed E-state index contributed by atoms with van der Waals surface area (Å²) in [6.07, 6.45) is 1.94. The number of fused-ring (bicyclic) bond motifs is 1. The molecule has 1 N–H and O–H groups in total. The van der Waals surface area contributed by atoms with Crippen molar-refractivity contribution in [3.63, 3.8) is 0 Å². The van der Waals surface area contributed by atoms with Crippen LogP contribution in [0.1, 0.15) is 37.0 Å². The van der Waals surface area contributed by atoms with E-state index in [-0.39, 0.29) is 24.0 Å². The summed E-state index contributed by atoms with van der Waals surface area (Å²) in [4.78, 5) is 29.1. The molecular weight excluding hydrogens is 366 g/mol. The molecule has 0 atom stereocenters. The third-order valence-corrected chi connectivity index (χ3v) is 4.73. The summed E-state index contributed by atoms with van der Waals surface area (Å²) in [7, 11) is 0. The highest BCUT2D eigenvalue weighted by Gasteiger charge is 2.08. The lowest BCUT2D eigenvalue weighted by molar-refractivity contribution is -0.121. The van der Waals surface area contributed by atoms with E-state index < -0.39 is 0 Å². The summed E-state index contributed by atoms with van der Waals surface area (Å²) < 4.78 is 7.07. The van der Waals surface area contributed by atoms with Gasteiger partial charge in [0.15, 0.2) is 0 Å². The third-order valence-electron chi connectivity index (χ3n) is 4.73. The Hall–Kier alpha value is -2.99. The van der Waals surface area contributed by atoms with Gasteiger partial charge in [0.25, 0.3) is 5.56 Å². The summed E-state index contributed by atoms with van der Waals surface area (Å²) in [5.74, 6) is -0.103. The van der Waals surface area contributed by atoms with E-state index in [9.17, 15) is 9.59 Å². The van der Waals surface area contributed by atoms with Crippen molar-refractivity contribution in [2.75, 3.05) is 0 Å². The zero-order valence-corrected chi connectivity index (χ0v) is 17.1. The molecule has 6 nitrogen and oxygen atoms in total. The number of carbonyl (C=O) groups excluding carboxylic acids is 1. The first-order valence-corrected chi connectivity index (χ1v) is 9.85. The molecule has 0 spiro atoms. The predicted molar refractivity (Wildman–Crippen MR) is 114 cm³/mol. The van der Waals surface area contributed by atoms with Crippen molar-refractivity contribution in [1.29, 1.82) is 0 Å². The Balaban J connectivity index is 1.52.